The summed E-state index contributed by atoms with van der Waals surface area (Å²) in [7, 11) is -2.82. The van der Waals surface area contributed by atoms with E-state index in [0.717, 1.165) is 9.87 Å². The van der Waals surface area contributed by atoms with Crippen molar-refractivity contribution in [2.24, 2.45) is 0 Å². The monoisotopic (exact) mass is 677 g/mol. The minimum atomic E-state index is -4.29. The number of likely N-dealkylation sites (N-methyl/N-ethyl adjacent to an activating group) is 1. The number of nitrogens with one attached hydrogen (secondary N) is 1. The Bertz CT molecular complexity index is 1690. The molecule has 0 saturated heterocycles. The van der Waals surface area contributed by atoms with Crippen LogP contribution in [-0.2, 0) is 32.6 Å². The zero-order valence-electron chi connectivity index (χ0n) is 22.9. The number of carbonyl (C=O) groups excluding carboxylic acids is 2. The Hall–Kier alpha value is -3.27. The molecule has 1 atom stereocenters. The van der Waals surface area contributed by atoms with Crippen LogP contribution in [0.25, 0.3) is 0 Å². The third-order valence-corrected chi connectivity index (χ3v) is 9.43. The van der Waals surface area contributed by atoms with E-state index >= 15 is 0 Å². The fraction of sp³-hybridized carbons (Fsp3) is 0.161. The predicted octanol–water partition coefficient (Wildman–Crippen LogP) is 6.88. The summed E-state index contributed by atoms with van der Waals surface area (Å²) in [5.41, 5.74) is 1.40. The minimum Gasteiger partial charge on any atom is -0.357 e. The lowest BCUT2D eigenvalue weighted by molar-refractivity contribution is -0.139. The summed E-state index contributed by atoms with van der Waals surface area (Å²) in [6.45, 7) is -0.767. The van der Waals surface area contributed by atoms with Crippen molar-refractivity contribution in [2.75, 3.05) is 17.9 Å². The van der Waals surface area contributed by atoms with Crippen LogP contribution >= 0.6 is 46.4 Å². The van der Waals surface area contributed by atoms with Crippen LogP contribution in [0.15, 0.2) is 102 Å². The zero-order valence-corrected chi connectivity index (χ0v) is 26.7. The van der Waals surface area contributed by atoms with E-state index in [-0.39, 0.29) is 38.6 Å². The van der Waals surface area contributed by atoms with Gasteiger partial charge in [0, 0.05) is 40.1 Å². The molecule has 0 fully saturated rings. The third-order valence-electron chi connectivity index (χ3n) is 6.62. The van der Waals surface area contributed by atoms with E-state index in [4.69, 9.17) is 46.4 Å². The molecular weight excluding hydrogens is 652 g/mol. The maximum Gasteiger partial charge on any atom is 0.264 e. The standard InChI is InChI=1S/C31H27Cl4N3O4S/c1-36-31(40)29(14-21-8-4-2-5-9-21)37(19-22-12-13-23(32)18-28(22)35)30(39)20-38(26-16-24(33)15-25(34)17-26)43(41,42)27-10-6-3-7-11-27/h2-13,15-18,29H,14,19-20H2,1H3,(H,36,40)/t29-/m1/s1. The molecule has 0 aliphatic heterocycles. The minimum absolute atomic E-state index is 0.0432. The number of halogens is 4. The van der Waals surface area contributed by atoms with Gasteiger partial charge in [-0.1, -0.05) is 101 Å². The van der Waals surface area contributed by atoms with E-state index in [2.05, 4.69) is 5.32 Å². The maximum atomic E-state index is 14.3. The average molecular weight is 679 g/mol. The molecule has 4 aromatic carbocycles. The molecule has 4 aromatic rings. The Morgan fingerprint density at radius 2 is 1.40 bits per heavy atom. The Balaban J connectivity index is 1.82. The summed E-state index contributed by atoms with van der Waals surface area (Å²) in [6.07, 6.45) is 0.159. The van der Waals surface area contributed by atoms with Crippen LogP contribution in [0.3, 0.4) is 0 Å². The van der Waals surface area contributed by atoms with Gasteiger partial charge in [-0.3, -0.25) is 13.9 Å². The van der Waals surface area contributed by atoms with Gasteiger partial charge in [-0.2, -0.15) is 0 Å². The smallest absolute Gasteiger partial charge is 0.264 e. The first-order chi connectivity index (χ1) is 20.5. The van der Waals surface area contributed by atoms with Crippen molar-refractivity contribution in [1.29, 1.82) is 0 Å². The summed E-state index contributed by atoms with van der Waals surface area (Å²) < 4.78 is 28.9. The molecule has 1 N–H and O–H groups in total. The maximum absolute atomic E-state index is 14.3. The lowest BCUT2D eigenvalue weighted by atomic mass is 10.0. The van der Waals surface area contributed by atoms with Crippen molar-refractivity contribution in [3.63, 3.8) is 0 Å². The van der Waals surface area contributed by atoms with Gasteiger partial charge in [0.25, 0.3) is 10.0 Å². The van der Waals surface area contributed by atoms with E-state index in [1.54, 1.807) is 30.3 Å². The second-order valence-corrected chi connectivity index (χ2v) is 13.1. The van der Waals surface area contributed by atoms with Crippen molar-refractivity contribution in [2.45, 2.75) is 23.9 Å². The van der Waals surface area contributed by atoms with Crippen molar-refractivity contribution < 1.29 is 18.0 Å². The van der Waals surface area contributed by atoms with Crippen molar-refractivity contribution >= 4 is 73.9 Å². The normalized spacial score (nSPS) is 11.9. The second-order valence-electron chi connectivity index (χ2n) is 9.53. The molecular formula is C31H27Cl4N3O4S. The van der Waals surface area contributed by atoms with Gasteiger partial charge in [-0.05, 0) is 53.6 Å². The molecule has 12 heteroatoms. The van der Waals surface area contributed by atoms with E-state index in [1.165, 1.54) is 48.3 Å². The Morgan fingerprint density at radius 1 is 0.791 bits per heavy atom. The first-order valence-corrected chi connectivity index (χ1v) is 16.0. The molecule has 0 bridgehead atoms. The van der Waals surface area contributed by atoms with Gasteiger partial charge in [-0.25, -0.2) is 8.42 Å². The Kier molecular flexibility index (Phi) is 11.0. The second kappa shape index (κ2) is 14.5. The molecule has 0 heterocycles. The zero-order chi connectivity index (χ0) is 31.1. The van der Waals surface area contributed by atoms with E-state index in [0.29, 0.717) is 10.6 Å². The number of hydrogen-bond donors (Lipinski definition) is 1. The van der Waals surface area contributed by atoms with Crippen LogP contribution in [0, 0.1) is 0 Å². The summed E-state index contributed by atoms with van der Waals surface area (Å²) in [5, 5.41) is 3.68. The van der Waals surface area contributed by atoms with Crippen molar-refractivity contribution in [3.8, 4) is 0 Å². The van der Waals surface area contributed by atoms with Gasteiger partial charge in [0.2, 0.25) is 11.8 Å². The van der Waals surface area contributed by atoms with Gasteiger partial charge < -0.3 is 10.2 Å². The largest absolute Gasteiger partial charge is 0.357 e. The number of anilines is 1. The van der Waals surface area contributed by atoms with Crippen LogP contribution in [0.2, 0.25) is 20.1 Å². The van der Waals surface area contributed by atoms with E-state index in [1.807, 2.05) is 30.3 Å². The first kappa shape index (κ1) is 32.6. The van der Waals surface area contributed by atoms with Gasteiger partial charge in [0.05, 0.1) is 10.6 Å². The molecule has 7 nitrogen and oxygen atoms in total. The molecule has 4 rings (SSSR count). The van der Waals surface area contributed by atoms with E-state index in [9.17, 15) is 18.0 Å². The topological polar surface area (TPSA) is 86.8 Å². The molecule has 0 aliphatic rings. The van der Waals surface area contributed by atoms with Crippen LogP contribution < -0.4 is 9.62 Å². The van der Waals surface area contributed by atoms with Crippen molar-refractivity contribution in [1.82, 2.24) is 10.2 Å². The summed E-state index contributed by atoms with van der Waals surface area (Å²) >= 11 is 25.1. The van der Waals surface area contributed by atoms with Crippen LogP contribution in [0.5, 0.6) is 0 Å². The lowest BCUT2D eigenvalue weighted by Gasteiger charge is -2.34. The molecule has 2 amide bonds. The molecule has 224 valence electrons. The SMILES string of the molecule is CNC(=O)[C@@H](Cc1ccccc1)N(Cc1ccc(Cl)cc1Cl)C(=O)CN(c1cc(Cl)cc(Cl)c1)S(=O)(=O)c1ccccc1. The summed E-state index contributed by atoms with van der Waals surface area (Å²) in [6, 6.07) is 24.9. The average Bonchev–Trinajstić information content (AvgIpc) is 2.98. The number of carbonyl (C=O) groups is 2. The highest BCUT2D eigenvalue weighted by molar-refractivity contribution is 7.92. The summed E-state index contributed by atoms with van der Waals surface area (Å²) in [4.78, 5) is 28.9. The molecule has 0 radical (unpaired) electrons. The lowest BCUT2D eigenvalue weighted by Crippen LogP contribution is -2.53. The highest BCUT2D eigenvalue weighted by Gasteiger charge is 2.34. The number of sulfonamides is 1. The molecule has 0 aliphatic carbocycles. The first-order valence-electron chi connectivity index (χ1n) is 13.0. The van der Waals surface area contributed by atoms with Crippen LogP contribution in [0.4, 0.5) is 5.69 Å². The Morgan fingerprint density at radius 3 is 1.98 bits per heavy atom. The molecule has 0 saturated carbocycles. The molecule has 43 heavy (non-hydrogen) atoms. The fourth-order valence-electron chi connectivity index (χ4n) is 4.49. The number of rotatable bonds is 11. The number of amides is 2. The van der Waals surface area contributed by atoms with Crippen LogP contribution in [0.1, 0.15) is 11.1 Å². The molecule has 0 spiro atoms. The number of nitrogens with zero attached hydrogens (tertiary/aromatic N) is 2. The third kappa shape index (κ3) is 8.22. The highest BCUT2D eigenvalue weighted by atomic mass is 35.5. The molecule has 0 aromatic heterocycles. The highest BCUT2D eigenvalue weighted by Crippen LogP contribution is 2.31. The quantitative estimate of drug-likeness (QED) is 0.187. The number of benzene rings is 4. The van der Waals surface area contributed by atoms with Gasteiger partial charge in [0.15, 0.2) is 0 Å². The fourth-order valence-corrected chi connectivity index (χ4v) is 6.89. The Labute approximate surface area is 271 Å². The van der Waals surface area contributed by atoms with Crippen molar-refractivity contribution in [3.05, 3.63) is 128 Å². The summed E-state index contributed by atoms with van der Waals surface area (Å²) in [5.74, 6) is -1.10. The van der Waals surface area contributed by atoms with Gasteiger partial charge >= 0.3 is 0 Å². The van der Waals surface area contributed by atoms with Crippen LogP contribution in [-0.4, -0.2) is 44.8 Å². The molecule has 0 unspecified atom stereocenters. The predicted molar refractivity (Wildman–Crippen MR) is 172 cm³/mol. The van der Waals surface area contributed by atoms with E-state index < -0.39 is 34.4 Å². The van der Waals surface area contributed by atoms with Gasteiger partial charge in [-0.15, -0.1) is 0 Å². The van der Waals surface area contributed by atoms with Gasteiger partial charge in [0.1, 0.15) is 12.6 Å². The number of hydrogen-bond acceptors (Lipinski definition) is 4.